The first-order valence-corrected chi connectivity index (χ1v) is 1.41. The maximum absolute atomic E-state index is 3.25. The molecule has 0 aliphatic heterocycles. The summed E-state index contributed by atoms with van der Waals surface area (Å²) in [5.74, 6) is 0. The molecule has 0 unspecified atom stereocenters. The van der Waals surface area contributed by atoms with Crippen molar-refractivity contribution < 1.29 is 54.8 Å². The van der Waals surface area contributed by atoms with E-state index in [0.29, 0.717) is 0 Å². The van der Waals surface area contributed by atoms with Crippen LogP contribution in [0.3, 0.4) is 0 Å². The normalized spacial score (nSPS) is 1.71. The van der Waals surface area contributed by atoms with E-state index >= 15 is 0 Å². The molecule has 0 aromatic heterocycles. The number of hydrogen-bond acceptors (Lipinski definition) is 0. The molecule has 0 aliphatic carbocycles. The van der Waals surface area contributed by atoms with Gasteiger partial charge in [0, 0.05) is 17.1 Å². The maximum atomic E-state index is 3.25. The van der Waals surface area contributed by atoms with Gasteiger partial charge in [-0.15, -0.1) is 0 Å². The molecule has 1 radical (unpaired) electrons. The van der Waals surface area contributed by atoms with Crippen LogP contribution in [0.15, 0.2) is 0 Å². The van der Waals surface area contributed by atoms with Gasteiger partial charge < -0.3 is 13.8 Å². The Kier molecular flexibility index (Phi) is 635. The fourth-order valence-electron chi connectivity index (χ4n) is 0. The summed E-state index contributed by atoms with van der Waals surface area (Å²) in [6.07, 6.45) is 0. The van der Waals surface area contributed by atoms with Gasteiger partial charge in [-0.05, 0) is 0 Å². The first-order valence-electron chi connectivity index (χ1n) is 1.41. The van der Waals surface area contributed by atoms with Gasteiger partial charge in [0.25, 0.3) is 0 Å². The predicted molar refractivity (Wildman–Crippen MR) is 22.1 cm³/mol. The Labute approximate surface area is 82.0 Å². The van der Waals surface area contributed by atoms with Crippen molar-refractivity contribution in [3.8, 4) is 0 Å². The second kappa shape index (κ2) is 118. The van der Waals surface area contributed by atoms with Gasteiger partial charge in [-0.3, -0.25) is 0 Å². The molecule has 0 rings (SSSR count). The summed E-state index contributed by atoms with van der Waals surface area (Å²) in [7, 11) is 0. The van der Waals surface area contributed by atoms with Crippen molar-refractivity contribution >= 4 is 0 Å². The topological polar surface area (TPSA) is 0 Å². The standard InChI is InChI=1S/2C2H5.Cu.2Li/c2*1-2;;;/h2*1H2,2H3;;;/q2*-1;;2*+1. The van der Waals surface area contributed by atoms with Crippen molar-refractivity contribution in [2.24, 2.45) is 0 Å². The molecule has 0 atom stereocenters. The van der Waals surface area contributed by atoms with Crippen molar-refractivity contribution in [1.82, 2.24) is 0 Å². The van der Waals surface area contributed by atoms with Gasteiger partial charge in [-0.25, -0.2) is 0 Å². The molecule has 0 amide bonds. The second-order valence-electron chi connectivity index (χ2n) is 0. The molecule has 0 aromatic carbocycles. The van der Waals surface area contributed by atoms with Gasteiger partial charge in [0.15, 0.2) is 0 Å². The van der Waals surface area contributed by atoms with Crippen LogP contribution in [0.5, 0.6) is 0 Å². The van der Waals surface area contributed by atoms with Gasteiger partial charge >= 0.3 is 37.7 Å². The smallest absolute Gasteiger partial charge is 0.346 e. The van der Waals surface area contributed by atoms with Crippen molar-refractivity contribution in [2.45, 2.75) is 13.8 Å². The Morgan fingerprint density at radius 2 is 0.714 bits per heavy atom. The van der Waals surface area contributed by atoms with Crippen LogP contribution in [-0.4, -0.2) is 0 Å². The third-order valence-electron chi connectivity index (χ3n) is 0. The van der Waals surface area contributed by atoms with E-state index in [-0.39, 0.29) is 54.8 Å². The molecular weight excluding hydrogens is 125 g/mol. The van der Waals surface area contributed by atoms with Crippen molar-refractivity contribution in [1.29, 1.82) is 0 Å². The van der Waals surface area contributed by atoms with E-state index in [4.69, 9.17) is 0 Å². The van der Waals surface area contributed by atoms with E-state index in [9.17, 15) is 0 Å². The zero-order valence-corrected chi connectivity index (χ0v) is 6.66. The fourth-order valence-corrected chi connectivity index (χ4v) is 0. The minimum Gasteiger partial charge on any atom is -0.346 e. The Bertz CT molecular complexity index is 9.65. The summed E-state index contributed by atoms with van der Waals surface area (Å²) in [6, 6.07) is 0. The molecular formula is C4H10CuLi2. The van der Waals surface area contributed by atoms with Crippen LogP contribution in [0.1, 0.15) is 13.8 Å². The number of rotatable bonds is 0. The monoisotopic (exact) mass is 135 g/mol. The molecule has 3 heteroatoms. The predicted octanol–water partition coefficient (Wildman–Crippen LogP) is -4.31. The SMILES string of the molecule is [CH2-]C.[CH2-]C.[Cu].[Li+].[Li+]. The zero-order valence-electron chi connectivity index (χ0n) is 5.72. The van der Waals surface area contributed by atoms with Gasteiger partial charge in [0.05, 0.1) is 0 Å². The Morgan fingerprint density at radius 1 is 0.714 bits per heavy atom. The average Bonchev–Trinajstić information content (AvgIpc) is 1.50. The Morgan fingerprint density at radius 3 is 0.714 bits per heavy atom. The molecule has 0 aromatic rings. The first kappa shape index (κ1) is 37.6. The summed E-state index contributed by atoms with van der Waals surface area (Å²) < 4.78 is 0. The van der Waals surface area contributed by atoms with E-state index in [0.717, 1.165) is 0 Å². The summed E-state index contributed by atoms with van der Waals surface area (Å²) >= 11 is 0. The van der Waals surface area contributed by atoms with E-state index < -0.39 is 0 Å². The van der Waals surface area contributed by atoms with E-state index in [2.05, 4.69) is 13.8 Å². The molecule has 0 spiro atoms. The minimum atomic E-state index is 0. The molecule has 0 saturated heterocycles. The zero-order chi connectivity index (χ0) is 4.00. The molecule has 0 heterocycles. The van der Waals surface area contributed by atoms with Crippen LogP contribution < -0.4 is 37.7 Å². The summed E-state index contributed by atoms with van der Waals surface area (Å²) in [4.78, 5) is 0. The molecule has 39 valence electrons. The van der Waals surface area contributed by atoms with Gasteiger partial charge in [-0.2, -0.15) is 13.8 Å². The van der Waals surface area contributed by atoms with Crippen LogP contribution in [-0.2, 0) is 17.1 Å². The Balaban J connectivity index is -0.00000000267. The van der Waals surface area contributed by atoms with Crippen LogP contribution in [0.2, 0.25) is 0 Å². The maximum Gasteiger partial charge on any atom is 1.00 e. The molecule has 0 aliphatic rings. The van der Waals surface area contributed by atoms with Crippen molar-refractivity contribution in [3.63, 3.8) is 0 Å². The third-order valence-corrected chi connectivity index (χ3v) is 0. The Hall–Kier alpha value is 1.71. The summed E-state index contributed by atoms with van der Waals surface area (Å²) in [5.41, 5.74) is 0. The van der Waals surface area contributed by atoms with Crippen molar-refractivity contribution in [2.75, 3.05) is 0 Å². The summed E-state index contributed by atoms with van der Waals surface area (Å²) in [6.45, 7) is 10.0. The molecule has 0 bridgehead atoms. The van der Waals surface area contributed by atoms with Gasteiger partial charge in [0.1, 0.15) is 0 Å². The molecule has 0 nitrogen and oxygen atoms in total. The largest absolute Gasteiger partial charge is 1.00 e. The number of hydrogen-bond donors (Lipinski definition) is 0. The van der Waals surface area contributed by atoms with Crippen LogP contribution in [0, 0.1) is 13.8 Å². The van der Waals surface area contributed by atoms with E-state index in [1.54, 1.807) is 13.8 Å². The molecule has 0 N–H and O–H groups in total. The van der Waals surface area contributed by atoms with Crippen LogP contribution in [0.4, 0.5) is 0 Å². The van der Waals surface area contributed by atoms with Crippen molar-refractivity contribution in [3.05, 3.63) is 13.8 Å². The minimum absolute atomic E-state index is 0. The third kappa shape index (κ3) is 85.7. The van der Waals surface area contributed by atoms with E-state index in [1.165, 1.54) is 0 Å². The van der Waals surface area contributed by atoms with Crippen LogP contribution >= 0.6 is 0 Å². The quantitative estimate of drug-likeness (QED) is 0.233. The van der Waals surface area contributed by atoms with Gasteiger partial charge in [0.2, 0.25) is 0 Å². The summed E-state index contributed by atoms with van der Waals surface area (Å²) in [5, 5.41) is 0. The second-order valence-corrected chi connectivity index (χ2v) is 0. The molecule has 0 fully saturated rings. The van der Waals surface area contributed by atoms with Gasteiger partial charge in [-0.1, -0.05) is 0 Å². The van der Waals surface area contributed by atoms with Crippen LogP contribution in [0.25, 0.3) is 0 Å². The first-order chi connectivity index (χ1) is 2.00. The average molecular weight is 136 g/mol. The van der Waals surface area contributed by atoms with E-state index in [1.807, 2.05) is 0 Å². The molecule has 0 saturated carbocycles. The fraction of sp³-hybridized carbons (Fsp3) is 0.500. The molecule has 7 heavy (non-hydrogen) atoms.